The van der Waals surface area contributed by atoms with Gasteiger partial charge in [0.15, 0.2) is 4.67 Å². The lowest BCUT2D eigenvalue weighted by molar-refractivity contribution is -0.385. The Kier molecular flexibility index (Phi) is 4.33. The smallest absolute Gasteiger partial charge is 0.311 e. The van der Waals surface area contributed by atoms with Gasteiger partial charge in [0.25, 0.3) is 5.91 Å². The summed E-state index contributed by atoms with van der Waals surface area (Å²) in [5.41, 5.74) is 1.33. The molecule has 0 aliphatic heterocycles. The molecule has 0 aliphatic carbocycles. The van der Waals surface area contributed by atoms with Gasteiger partial charge in [0, 0.05) is 6.07 Å². The second kappa shape index (κ2) is 6.18. The molecule has 1 aromatic heterocycles. The molecule has 0 unspecified atom stereocenters. The molecule has 2 aromatic rings. The van der Waals surface area contributed by atoms with Crippen molar-refractivity contribution < 1.29 is 19.2 Å². The van der Waals surface area contributed by atoms with Crippen molar-refractivity contribution in [3.8, 4) is 5.75 Å². The first kappa shape index (κ1) is 14.7. The Morgan fingerprint density at radius 2 is 2.19 bits per heavy atom. The number of hydrazone groups is 1. The van der Waals surface area contributed by atoms with Gasteiger partial charge in [-0.25, -0.2) is 5.43 Å². The fraction of sp³-hybridized carbons (Fsp3) is 0. The molecule has 0 radical (unpaired) electrons. The third kappa shape index (κ3) is 3.45. The molecule has 1 heterocycles. The minimum Gasteiger partial charge on any atom is -0.502 e. The monoisotopic (exact) mass is 353 g/mol. The molecule has 0 saturated carbocycles. The van der Waals surface area contributed by atoms with Gasteiger partial charge in [0.2, 0.25) is 5.75 Å². The van der Waals surface area contributed by atoms with E-state index in [9.17, 15) is 20.0 Å². The molecule has 0 bridgehead atoms. The third-order valence-corrected chi connectivity index (χ3v) is 2.83. The van der Waals surface area contributed by atoms with Gasteiger partial charge in [0.1, 0.15) is 5.76 Å². The number of carbonyl (C=O) groups excluding carboxylic acids is 1. The van der Waals surface area contributed by atoms with Gasteiger partial charge in [0.05, 0.1) is 16.7 Å². The number of halogens is 1. The highest BCUT2D eigenvalue weighted by Gasteiger charge is 2.20. The number of aromatic hydroxyl groups is 1. The number of nitro groups is 1. The van der Waals surface area contributed by atoms with Crippen LogP contribution in [0.25, 0.3) is 0 Å². The summed E-state index contributed by atoms with van der Waals surface area (Å²) in [4.78, 5) is 21.7. The number of hydrogen-bond donors (Lipinski definition) is 2. The normalized spacial score (nSPS) is 10.7. The second-order valence-corrected chi connectivity index (χ2v) is 4.55. The number of phenolic OH excluding ortho intramolecular Hbond substituents is 1. The largest absolute Gasteiger partial charge is 0.502 e. The van der Waals surface area contributed by atoms with Crippen LogP contribution in [0.2, 0.25) is 0 Å². The number of nitrogens with zero attached hydrogens (tertiary/aromatic N) is 2. The summed E-state index contributed by atoms with van der Waals surface area (Å²) in [5, 5.41) is 24.0. The number of para-hydroxylation sites is 1. The van der Waals surface area contributed by atoms with Crippen molar-refractivity contribution in [2.75, 3.05) is 0 Å². The third-order valence-electron chi connectivity index (χ3n) is 2.41. The van der Waals surface area contributed by atoms with Gasteiger partial charge in [-0.3, -0.25) is 14.9 Å². The van der Waals surface area contributed by atoms with Gasteiger partial charge < -0.3 is 9.52 Å². The Bertz CT molecular complexity index is 725. The van der Waals surface area contributed by atoms with Crippen molar-refractivity contribution in [1.29, 1.82) is 0 Å². The number of benzene rings is 1. The number of furan rings is 1. The van der Waals surface area contributed by atoms with Crippen LogP contribution in [-0.4, -0.2) is 22.2 Å². The summed E-state index contributed by atoms with van der Waals surface area (Å²) in [7, 11) is 0. The summed E-state index contributed by atoms with van der Waals surface area (Å²) in [5.74, 6) is -1.10. The highest BCUT2D eigenvalue weighted by molar-refractivity contribution is 9.10. The highest BCUT2D eigenvalue weighted by Crippen LogP contribution is 2.28. The molecule has 8 nitrogen and oxygen atoms in total. The van der Waals surface area contributed by atoms with E-state index in [1.54, 1.807) is 12.1 Å². The van der Waals surface area contributed by atoms with Gasteiger partial charge in [-0.1, -0.05) is 6.07 Å². The zero-order valence-electron chi connectivity index (χ0n) is 10.3. The quantitative estimate of drug-likeness (QED) is 0.497. The number of carbonyl (C=O) groups is 1. The van der Waals surface area contributed by atoms with E-state index < -0.39 is 22.3 Å². The van der Waals surface area contributed by atoms with Crippen LogP contribution in [0.5, 0.6) is 5.75 Å². The second-order valence-electron chi connectivity index (χ2n) is 3.77. The maximum Gasteiger partial charge on any atom is 0.311 e. The fourth-order valence-corrected chi connectivity index (χ4v) is 1.79. The maximum atomic E-state index is 11.8. The lowest BCUT2D eigenvalue weighted by Gasteiger charge is -2.02. The molecule has 108 valence electrons. The Morgan fingerprint density at radius 3 is 2.81 bits per heavy atom. The van der Waals surface area contributed by atoms with Crippen molar-refractivity contribution in [1.82, 2.24) is 5.43 Å². The van der Waals surface area contributed by atoms with Crippen molar-refractivity contribution >= 4 is 33.7 Å². The maximum absolute atomic E-state index is 11.8. The molecular formula is C12H8BrN3O5. The van der Waals surface area contributed by atoms with E-state index in [1.807, 2.05) is 0 Å². The van der Waals surface area contributed by atoms with E-state index in [2.05, 4.69) is 26.5 Å². The molecule has 2 rings (SSSR count). The first-order valence-corrected chi connectivity index (χ1v) is 6.33. The predicted octanol–water partition coefficient (Wildman–Crippen LogP) is 2.42. The summed E-state index contributed by atoms with van der Waals surface area (Å²) in [6.07, 6.45) is 1.25. The Labute approximate surface area is 126 Å². The first-order chi connectivity index (χ1) is 9.99. The Hall–Kier alpha value is -2.68. The molecular weight excluding hydrogens is 346 g/mol. The van der Waals surface area contributed by atoms with Crippen LogP contribution in [0.3, 0.4) is 0 Å². The van der Waals surface area contributed by atoms with Crippen molar-refractivity contribution in [2.45, 2.75) is 0 Å². The lowest BCUT2D eigenvalue weighted by Crippen LogP contribution is -2.17. The molecule has 0 atom stereocenters. The molecule has 21 heavy (non-hydrogen) atoms. The van der Waals surface area contributed by atoms with Crippen LogP contribution in [-0.2, 0) is 0 Å². The van der Waals surface area contributed by atoms with Crippen LogP contribution >= 0.6 is 15.9 Å². The van der Waals surface area contributed by atoms with Crippen molar-refractivity contribution in [2.24, 2.45) is 5.10 Å². The Morgan fingerprint density at radius 1 is 1.43 bits per heavy atom. The van der Waals surface area contributed by atoms with E-state index in [1.165, 1.54) is 18.3 Å². The predicted molar refractivity (Wildman–Crippen MR) is 76.2 cm³/mol. The number of nitro benzene ring substituents is 1. The summed E-state index contributed by atoms with van der Waals surface area (Å²) in [6.45, 7) is 0. The molecule has 0 saturated heterocycles. The SMILES string of the molecule is O=C(N/N=C\c1ccc(Br)o1)c1cccc([N+](=O)[O-])c1O. The van der Waals surface area contributed by atoms with Crippen LogP contribution in [0.4, 0.5) is 5.69 Å². The van der Waals surface area contributed by atoms with Crippen LogP contribution in [0.15, 0.2) is 44.5 Å². The van der Waals surface area contributed by atoms with Gasteiger partial charge in [-0.15, -0.1) is 0 Å². The minimum absolute atomic E-state index is 0.248. The van der Waals surface area contributed by atoms with Gasteiger partial charge in [-0.05, 0) is 34.1 Å². The first-order valence-electron chi connectivity index (χ1n) is 5.54. The summed E-state index contributed by atoms with van der Waals surface area (Å²) >= 11 is 3.11. The molecule has 0 fully saturated rings. The topological polar surface area (TPSA) is 118 Å². The average Bonchev–Trinajstić information content (AvgIpc) is 2.84. The van der Waals surface area contributed by atoms with Crippen molar-refractivity contribution in [3.63, 3.8) is 0 Å². The van der Waals surface area contributed by atoms with Crippen LogP contribution in [0, 0.1) is 10.1 Å². The average molecular weight is 354 g/mol. The van der Waals surface area contributed by atoms with E-state index in [0.717, 1.165) is 6.07 Å². The molecule has 1 aromatic carbocycles. The van der Waals surface area contributed by atoms with E-state index >= 15 is 0 Å². The number of amides is 1. The zero-order valence-corrected chi connectivity index (χ0v) is 11.9. The standard InChI is InChI=1S/C12H8BrN3O5/c13-10-5-4-7(21-10)6-14-15-12(18)8-2-1-3-9(11(8)17)16(19)20/h1-6,17H,(H,15,18)/b14-6-. The fourth-order valence-electron chi connectivity index (χ4n) is 1.47. The molecule has 1 amide bonds. The number of nitrogens with one attached hydrogen (secondary N) is 1. The molecule has 9 heteroatoms. The lowest BCUT2D eigenvalue weighted by atomic mass is 10.1. The van der Waals surface area contributed by atoms with Crippen LogP contribution < -0.4 is 5.43 Å². The highest BCUT2D eigenvalue weighted by atomic mass is 79.9. The minimum atomic E-state index is -0.782. The number of phenols is 1. The van der Waals surface area contributed by atoms with E-state index in [-0.39, 0.29) is 5.56 Å². The molecule has 0 aliphatic rings. The van der Waals surface area contributed by atoms with E-state index in [4.69, 9.17) is 4.42 Å². The van der Waals surface area contributed by atoms with Gasteiger partial charge in [-0.2, -0.15) is 5.10 Å². The summed E-state index contributed by atoms with van der Waals surface area (Å²) in [6, 6.07) is 6.90. The summed E-state index contributed by atoms with van der Waals surface area (Å²) < 4.78 is 5.63. The Balaban J connectivity index is 2.12. The van der Waals surface area contributed by atoms with Crippen LogP contribution in [0.1, 0.15) is 16.1 Å². The van der Waals surface area contributed by atoms with Crippen molar-refractivity contribution in [3.05, 3.63) is 56.4 Å². The zero-order chi connectivity index (χ0) is 15.4. The number of rotatable bonds is 4. The molecule has 2 N–H and O–H groups in total. The van der Waals surface area contributed by atoms with E-state index in [0.29, 0.717) is 10.4 Å². The van der Waals surface area contributed by atoms with Gasteiger partial charge >= 0.3 is 5.69 Å². The molecule has 0 spiro atoms. The number of hydrogen-bond acceptors (Lipinski definition) is 6.